The Hall–Kier alpha value is -2.96. The van der Waals surface area contributed by atoms with Crippen molar-refractivity contribution in [3.8, 4) is 0 Å². The molecule has 0 aromatic carbocycles. The first-order valence-corrected chi connectivity index (χ1v) is 45.0. The molecule has 0 bridgehead atoms. The molecule has 1 amide bonds. The van der Waals surface area contributed by atoms with Gasteiger partial charge in [0.15, 0.2) is 0 Å². The highest BCUT2D eigenvalue weighted by molar-refractivity contribution is 5.82. The van der Waals surface area contributed by atoms with Gasteiger partial charge in [-0.2, -0.15) is 0 Å². The van der Waals surface area contributed by atoms with Crippen LogP contribution in [0.5, 0.6) is 0 Å². The van der Waals surface area contributed by atoms with Gasteiger partial charge in [0.25, 0.3) is 0 Å². The lowest BCUT2D eigenvalue weighted by Crippen LogP contribution is -2.54. The van der Waals surface area contributed by atoms with Gasteiger partial charge in [-0.25, -0.2) is 0 Å². The van der Waals surface area contributed by atoms with Crippen LogP contribution < -0.4 is 5.32 Å². The molecule has 11 heteroatoms. The average Bonchev–Trinajstić information content (AvgIpc) is 1.56. The molecule has 6 saturated heterocycles. The molecule has 106 heavy (non-hydrogen) atoms. The van der Waals surface area contributed by atoms with Gasteiger partial charge < -0.3 is 29.3 Å². The number of hydrogen-bond donors (Lipinski definition) is 1. The van der Waals surface area contributed by atoms with Crippen LogP contribution in [0.4, 0.5) is 0 Å². The summed E-state index contributed by atoms with van der Waals surface area (Å²) in [7, 11) is 2.33. The molecule has 0 aromatic rings. The summed E-state index contributed by atoms with van der Waals surface area (Å²) in [4.78, 5) is 57.1. The molecule has 12 aliphatic carbocycles. The van der Waals surface area contributed by atoms with E-state index >= 15 is 0 Å². The monoisotopic (exact) mass is 1460 g/mol. The molecule has 11 nitrogen and oxygen atoms in total. The number of Topliss-reactive ketones (excluding diaryl/α,β-unsaturated/α-hetero) is 3. The minimum Gasteiger partial charge on any atom is -0.369 e. The molecule has 3 spiro atoms. The fraction of sp³-hybridized carbons (Fsp3) is 0.874. The summed E-state index contributed by atoms with van der Waals surface area (Å²) >= 11 is 0. The number of amides is 1. The number of piperidine rings is 3. The molecule has 18 aliphatic rings. The first kappa shape index (κ1) is 77.0. The Kier molecular flexibility index (Phi) is 20.5. The number of likely N-dealkylation sites (N-methyl/N-ethyl adjacent to an activating group) is 1. The fourth-order valence-electron chi connectivity index (χ4n) is 31.3. The molecule has 6 aliphatic heterocycles. The SMILES string of the molecule is C=C(C)N1C[C@@H](C)C[C@H]2O[C@]3(CC[C@@H]4C(=C(C)C3)C[C@H]3[C@H]4CC[C@@H]4CC(=O)CC[C@@]43C)[C@H](C)[C@@H]21.CC1=C2C[C@H]3[C@@H](CC[C@@H]4CC(=O)CC[C@@]43C)[C@@H]2CC[C@@]2(C1)O[C@@H]1C[C@H](C)CN(C)[C@H]1[C@H]2C.CC1=C2C[C@H]3[C@@H](CC[C@@H]4CC(=O)CC[C@@]43C)[C@@H]2CC[C@@]2(C1)O[C@@H]1C[C@H](C)CN(CCNC(=O)C(C)(C)C)[C@H]1[C@H]2C. The molecule has 590 valence electrons. The summed E-state index contributed by atoms with van der Waals surface area (Å²) in [6.45, 7) is 47.2. The smallest absolute Gasteiger partial charge is 0.225 e. The van der Waals surface area contributed by atoms with E-state index < -0.39 is 0 Å². The standard InChI is InChI=1S/C35H56N2O3.C31H47NO2.C29H45NO2/c1-21-16-30-31(37(20-21)15-14-36-32(39)33(4,5)6)23(3)35(40-30)13-11-26-27-9-8-24-17-25(38)10-12-34(24,7)29(27)18-28(26)22(2)19-35;1-18(2)32-17-19(3)13-28-29(32)21(5)31(34-28)12-10-24-25-8-7-22-14-23(33)9-11-30(22,6)27(25)15-26(24)20(4)16-31;1-17-12-26-27(30(5)16-17)19(3)29(32-26)11-9-22-23-7-6-20-13-21(31)8-10-28(20,4)25(23)14-24(22)18(2)15-29/h21,23-24,26-27,29-31H,8-20H2,1-7H3,(H,36,39);19,21-22,24-25,27-29H,1,7-17H2,2-6H3;17,19-20,22-23,25-27H,6-16H2,1-5H3/t21-,23+,24+,26-,27-,29-,30+,31-,34-,35-;19-,21+,22+,24-,25-,27-,28+,29-,30-,31-;17-,19+,20+,22-,23-,25-,26+,27-,28-,29-/m000/s1. The minimum atomic E-state index is -0.348. The number of allylic oxidation sites excluding steroid dienone is 4. The fourth-order valence-corrected chi connectivity index (χ4v) is 31.3. The van der Waals surface area contributed by atoms with E-state index in [1.165, 1.54) is 121 Å². The van der Waals surface area contributed by atoms with Crippen LogP contribution in [0.1, 0.15) is 303 Å². The predicted octanol–water partition coefficient (Wildman–Crippen LogP) is 19.5. The molecule has 18 rings (SSSR count). The number of ether oxygens (including phenoxy) is 3. The van der Waals surface area contributed by atoms with Crippen LogP contribution in [0.15, 0.2) is 45.7 Å². The highest BCUT2D eigenvalue weighted by Gasteiger charge is 2.65. The molecule has 0 radical (unpaired) electrons. The van der Waals surface area contributed by atoms with Gasteiger partial charge >= 0.3 is 0 Å². The van der Waals surface area contributed by atoms with Crippen molar-refractivity contribution < 1.29 is 33.4 Å². The Morgan fingerprint density at radius 2 is 0.849 bits per heavy atom. The largest absolute Gasteiger partial charge is 0.369 e. The van der Waals surface area contributed by atoms with Crippen molar-refractivity contribution in [1.29, 1.82) is 0 Å². The van der Waals surface area contributed by atoms with Gasteiger partial charge in [-0.15, -0.1) is 0 Å². The molecule has 30 atom stereocenters. The van der Waals surface area contributed by atoms with Gasteiger partial charge in [-0.3, -0.25) is 24.1 Å². The first-order chi connectivity index (χ1) is 50.2. The van der Waals surface area contributed by atoms with Gasteiger partial charge in [-0.1, -0.05) is 123 Å². The summed E-state index contributed by atoms with van der Waals surface area (Å²) in [5.41, 5.74) is 12.4. The summed E-state index contributed by atoms with van der Waals surface area (Å²) in [5, 5.41) is 3.20. The van der Waals surface area contributed by atoms with Gasteiger partial charge in [-0.05, 0) is 294 Å². The van der Waals surface area contributed by atoms with Gasteiger partial charge in [0.1, 0.15) is 17.3 Å². The van der Waals surface area contributed by atoms with Gasteiger partial charge in [0.05, 0.1) is 41.2 Å². The van der Waals surface area contributed by atoms with Gasteiger partial charge in [0.2, 0.25) is 5.91 Å². The van der Waals surface area contributed by atoms with Crippen LogP contribution in [-0.4, -0.2) is 131 Å². The normalized spacial score (nSPS) is 49.6. The van der Waals surface area contributed by atoms with Crippen LogP contribution >= 0.6 is 0 Å². The van der Waals surface area contributed by atoms with Gasteiger partial charge in [0, 0.05) is 112 Å². The Morgan fingerprint density at radius 3 is 1.25 bits per heavy atom. The number of nitrogens with zero attached hydrogens (tertiary/aromatic N) is 3. The quantitative estimate of drug-likeness (QED) is 0.273. The minimum absolute atomic E-state index is 0.00236. The third kappa shape index (κ3) is 12.9. The van der Waals surface area contributed by atoms with Crippen molar-refractivity contribution in [2.45, 2.75) is 357 Å². The Bertz CT molecular complexity index is 3520. The van der Waals surface area contributed by atoms with Crippen molar-refractivity contribution in [3.63, 3.8) is 0 Å². The van der Waals surface area contributed by atoms with E-state index in [9.17, 15) is 19.2 Å². The third-order valence-corrected chi connectivity index (χ3v) is 36.9. The second kappa shape index (κ2) is 28.2. The van der Waals surface area contributed by atoms with Crippen molar-refractivity contribution >= 4 is 23.3 Å². The van der Waals surface area contributed by atoms with E-state index in [0.29, 0.717) is 124 Å². The maximum Gasteiger partial charge on any atom is 0.225 e. The molecule has 1 N–H and O–H groups in total. The second-order valence-electron chi connectivity index (χ2n) is 43.7. The van der Waals surface area contributed by atoms with Crippen LogP contribution in [-0.2, 0) is 33.4 Å². The number of nitrogens with one attached hydrogen (secondary N) is 1. The van der Waals surface area contributed by atoms with E-state index in [1.54, 1.807) is 27.9 Å². The lowest BCUT2D eigenvalue weighted by molar-refractivity contribution is -0.130. The number of rotatable bonds is 4. The summed E-state index contributed by atoms with van der Waals surface area (Å²) in [6.07, 6.45) is 35.8. The van der Waals surface area contributed by atoms with E-state index in [1.807, 2.05) is 26.3 Å². The van der Waals surface area contributed by atoms with Crippen LogP contribution in [0, 0.1) is 128 Å². The van der Waals surface area contributed by atoms with E-state index in [-0.39, 0.29) is 28.1 Å². The number of fused-ring (bicyclic) bond motifs is 18. The van der Waals surface area contributed by atoms with Crippen molar-refractivity contribution in [2.75, 3.05) is 39.8 Å². The van der Waals surface area contributed by atoms with Crippen LogP contribution in [0.3, 0.4) is 0 Å². The summed E-state index contributed by atoms with van der Waals surface area (Å²) < 4.78 is 21.5. The lowest BCUT2D eigenvalue weighted by Gasteiger charge is -2.52. The zero-order valence-electron chi connectivity index (χ0n) is 70.0. The predicted molar refractivity (Wildman–Crippen MR) is 425 cm³/mol. The van der Waals surface area contributed by atoms with Crippen molar-refractivity contribution in [3.05, 3.63) is 45.7 Å². The maximum absolute atomic E-state index is 12.5. The molecule has 0 unspecified atom stereocenters. The highest BCUT2D eigenvalue weighted by atomic mass is 16.5. The zero-order valence-corrected chi connectivity index (χ0v) is 70.0. The molecule has 0 aromatic heterocycles. The zero-order chi connectivity index (χ0) is 75.0. The number of carbonyl (C=O) groups is 4. The van der Waals surface area contributed by atoms with Crippen LogP contribution in [0.2, 0.25) is 0 Å². The first-order valence-electron chi connectivity index (χ1n) is 45.0. The molecular formula is C95H148N4O7. The van der Waals surface area contributed by atoms with Crippen molar-refractivity contribution in [1.82, 2.24) is 20.0 Å². The van der Waals surface area contributed by atoms with Crippen LogP contribution in [0.25, 0.3) is 0 Å². The van der Waals surface area contributed by atoms with E-state index in [0.717, 1.165) is 162 Å². The number of likely N-dealkylation sites (tertiary alicyclic amines) is 3. The van der Waals surface area contributed by atoms with E-state index in [2.05, 4.69) is 124 Å². The highest BCUT2D eigenvalue weighted by Crippen LogP contribution is 2.70. The second-order valence-corrected chi connectivity index (χ2v) is 43.7. The summed E-state index contributed by atoms with van der Waals surface area (Å²) in [6, 6.07) is 1.54. The Morgan fingerprint density at radius 1 is 0.491 bits per heavy atom. The third-order valence-electron chi connectivity index (χ3n) is 36.9. The number of carbonyl (C=O) groups excluding carboxylic acids is 4. The van der Waals surface area contributed by atoms with E-state index in [4.69, 9.17) is 14.2 Å². The maximum atomic E-state index is 12.5. The molecular weight excluding hydrogens is 1310 g/mol. The lowest BCUT2D eigenvalue weighted by atomic mass is 9.52. The number of ketones is 3. The Labute approximate surface area is 643 Å². The molecule has 6 heterocycles. The number of hydrogen-bond acceptors (Lipinski definition) is 10. The average molecular weight is 1460 g/mol. The Balaban J connectivity index is 0.000000123. The summed E-state index contributed by atoms with van der Waals surface area (Å²) in [5.74, 6) is 14.4. The molecule has 15 fully saturated rings. The van der Waals surface area contributed by atoms with Crippen molar-refractivity contribution in [2.24, 2.45) is 128 Å². The molecule has 9 saturated carbocycles. The topological polar surface area (TPSA) is 118 Å².